The van der Waals surface area contributed by atoms with E-state index in [1.54, 1.807) is 12.1 Å². The number of hydrogen-bond acceptors (Lipinski definition) is 3. The van der Waals surface area contributed by atoms with E-state index in [9.17, 15) is 9.59 Å². The maximum Gasteiger partial charge on any atom is 0.306 e. The molecule has 0 bridgehead atoms. The fraction of sp³-hybridized carbons (Fsp3) is 0.429. The second kappa shape index (κ2) is 7.00. The molecule has 0 radical (unpaired) electrons. The van der Waals surface area contributed by atoms with Crippen molar-refractivity contribution < 1.29 is 19.4 Å². The van der Waals surface area contributed by atoms with Gasteiger partial charge in [-0.25, -0.2) is 0 Å². The molecule has 1 saturated carbocycles. The highest BCUT2D eigenvalue weighted by Crippen LogP contribution is 2.28. The van der Waals surface area contributed by atoms with Crippen LogP contribution in [0.2, 0.25) is 10.0 Å². The van der Waals surface area contributed by atoms with Gasteiger partial charge in [-0.3, -0.25) is 9.59 Å². The second-order valence-electron chi connectivity index (χ2n) is 4.98. The Labute approximate surface area is 132 Å². The van der Waals surface area contributed by atoms with E-state index < -0.39 is 5.97 Å². The molecule has 2 unspecified atom stereocenters. The van der Waals surface area contributed by atoms with Gasteiger partial charge >= 0.3 is 5.97 Å². The van der Waals surface area contributed by atoms with Gasteiger partial charge in [-0.15, -0.1) is 0 Å². The summed E-state index contributed by atoms with van der Waals surface area (Å²) in [4.78, 5) is 22.6. The molecule has 1 amide bonds. The average molecular weight is 332 g/mol. The van der Waals surface area contributed by atoms with E-state index in [1.165, 1.54) is 6.07 Å². The van der Waals surface area contributed by atoms with Crippen molar-refractivity contribution in [1.29, 1.82) is 0 Å². The van der Waals surface area contributed by atoms with Crippen LogP contribution in [0.25, 0.3) is 0 Å². The van der Waals surface area contributed by atoms with Crippen molar-refractivity contribution in [3.8, 4) is 5.75 Å². The lowest BCUT2D eigenvalue weighted by Gasteiger charge is -2.13. The first-order valence-corrected chi connectivity index (χ1v) is 7.31. The Kier molecular flexibility index (Phi) is 5.31. The standard InChI is InChI=1S/C14H15Cl2NO4/c15-9-2-4-12(11(16)6-9)21-7-13(18)17-10-3-1-8(5-10)14(19)20/h2,4,6,8,10H,1,3,5,7H2,(H,17,18)(H,19,20). The number of carboxylic acid groups (broad SMARTS) is 1. The molecule has 1 aromatic rings. The highest BCUT2D eigenvalue weighted by atomic mass is 35.5. The van der Waals surface area contributed by atoms with Crippen LogP contribution >= 0.6 is 23.2 Å². The van der Waals surface area contributed by atoms with Crippen LogP contribution in [0.5, 0.6) is 5.75 Å². The zero-order chi connectivity index (χ0) is 15.4. The van der Waals surface area contributed by atoms with Gasteiger partial charge < -0.3 is 15.2 Å². The van der Waals surface area contributed by atoms with Gasteiger partial charge in [0.15, 0.2) is 6.61 Å². The molecule has 1 aliphatic carbocycles. The van der Waals surface area contributed by atoms with Crippen molar-refractivity contribution in [2.24, 2.45) is 5.92 Å². The minimum Gasteiger partial charge on any atom is -0.482 e. The molecular formula is C14H15Cl2NO4. The quantitative estimate of drug-likeness (QED) is 0.869. The molecule has 114 valence electrons. The molecule has 21 heavy (non-hydrogen) atoms. The fourth-order valence-corrected chi connectivity index (χ4v) is 2.80. The monoisotopic (exact) mass is 331 g/mol. The van der Waals surface area contributed by atoms with Gasteiger partial charge in [0.2, 0.25) is 0 Å². The van der Waals surface area contributed by atoms with E-state index >= 15 is 0 Å². The smallest absolute Gasteiger partial charge is 0.306 e. The third-order valence-electron chi connectivity index (χ3n) is 3.40. The van der Waals surface area contributed by atoms with Crippen LogP contribution in [-0.2, 0) is 9.59 Å². The molecule has 0 heterocycles. The number of hydrogen-bond donors (Lipinski definition) is 2. The lowest BCUT2D eigenvalue weighted by Crippen LogP contribution is -2.36. The minimum atomic E-state index is -0.809. The summed E-state index contributed by atoms with van der Waals surface area (Å²) in [7, 11) is 0. The maximum absolute atomic E-state index is 11.8. The molecule has 1 aromatic carbocycles. The molecule has 5 nitrogen and oxygen atoms in total. The third-order valence-corrected chi connectivity index (χ3v) is 3.93. The van der Waals surface area contributed by atoms with Crippen LogP contribution < -0.4 is 10.1 Å². The highest BCUT2D eigenvalue weighted by Gasteiger charge is 2.30. The normalized spacial score (nSPS) is 21.0. The summed E-state index contributed by atoms with van der Waals surface area (Å²) in [5.41, 5.74) is 0. The molecule has 2 rings (SSSR count). The predicted molar refractivity (Wildman–Crippen MR) is 78.9 cm³/mol. The first-order chi connectivity index (χ1) is 9.95. The number of ether oxygens (including phenoxy) is 1. The molecule has 1 fully saturated rings. The zero-order valence-electron chi connectivity index (χ0n) is 11.1. The number of carbonyl (C=O) groups excluding carboxylic acids is 1. The number of aliphatic carboxylic acids is 1. The van der Waals surface area contributed by atoms with E-state index in [1.807, 2.05) is 0 Å². The van der Waals surface area contributed by atoms with Crippen molar-refractivity contribution in [2.45, 2.75) is 25.3 Å². The van der Waals surface area contributed by atoms with Gasteiger partial charge in [-0.2, -0.15) is 0 Å². The minimum absolute atomic E-state index is 0.108. The number of rotatable bonds is 5. The van der Waals surface area contributed by atoms with Crippen LogP contribution in [-0.4, -0.2) is 29.6 Å². The molecule has 0 spiro atoms. The second-order valence-corrected chi connectivity index (χ2v) is 5.82. The molecule has 2 atom stereocenters. The predicted octanol–water partition coefficient (Wildman–Crippen LogP) is 2.74. The van der Waals surface area contributed by atoms with Crippen LogP contribution in [0.1, 0.15) is 19.3 Å². The van der Waals surface area contributed by atoms with Gasteiger partial charge in [0.1, 0.15) is 5.75 Å². The van der Waals surface area contributed by atoms with E-state index in [4.69, 9.17) is 33.0 Å². The number of carboxylic acids is 1. The zero-order valence-corrected chi connectivity index (χ0v) is 12.7. The molecule has 0 aromatic heterocycles. The maximum atomic E-state index is 11.8. The Bertz CT molecular complexity index is 550. The summed E-state index contributed by atoms with van der Waals surface area (Å²) in [6.45, 7) is -0.171. The molecule has 2 N–H and O–H groups in total. The number of benzene rings is 1. The van der Waals surface area contributed by atoms with Gasteiger partial charge in [0.25, 0.3) is 5.91 Å². The summed E-state index contributed by atoms with van der Waals surface area (Å²) in [6, 6.07) is 4.64. The first-order valence-electron chi connectivity index (χ1n) is 6.55. The Hall–Kier alpha value is -1.46. The molecule has 1 aliphatic rings. The SMILES string of the molecule is O=C(COc1ccc(Cl)cc1Cl)NC1CCC(C(=O)O)C1. The summed E-state index contributed by atoms with van der Waals surface area (Å²) in [6.07, 6.45) is 1.72. The van der Waals surface area contributed by atoms with E-state index in [2.05, 4.69) is 5.32 Å². The van der Waals surface area contributed by atoms with Crippen molar-refractivity contribution in [3.05, 3.63) is 28.2 Å². The van der Waals surface area contributed by atoms with E-state index in [-0.39, 0.29) is 24.5 Å². The largest absolute Gasteiger partial charge is 0.482 e. The lowest BCUT2D eigenvalue weighted by molar-refractivity contribution is -0.141. The number of carbonyl (C=O) groups is 2. The number of amides is 1. The van der Waals surface area contributed by atoms with Gasteiger partial charge in [0, 0.05) is 11.1 Å². The Morgan fingerprint density at radius 3 is 2.71 bits per heavy atom. The van der Waals surface area contributed by atoms with Crippen LogP contribution in [0, 0.1) is 5.92 Å². The van der Waals surface area contributed by atoms with Crippen molar-refractivity contribution in [1.82, 2.24) is 5.32 Å². The first kappa shape index (κ1) is 15.9. The van der Waals surface area contributed by atoms with Gasteiger partial charge in [-0.1, -0.05) is 23.2 Å². The van der Waals surface area contributed by atoms with E-state index in [0.717, 1.165) is 0 Å². The summed E-state index contributed by atoms with van der Waals surface area (Å²) < 4.78 is 5.32. The highest BCUT2D eigenvalue weighted by molar-refractivity contribution is 6.35. The molecule has 0 aliphatic heterocycles. The van der Waals surface area contributed by atoms with Crippen LogP contribution in [0.4, 0.5) is 0 Å². The third kappa shape index (κ3) is 4.51. The summed E-state index contributed by atoms with van der Waals surface area (Å²) in [5, 5.41) is 12.5. The average Bonchev–Trinajstić information content (AvgIpc) is 2.86. The van der Waals surface area contributed by atoms with Crippen LogP contribution in [0.15, 0.2) is 18.2 Å². The molecule has 7 heteroatoms. The van der Waals surface area contributed by atoms with Gasteiger partial charge in [-0.05, 0) is 37.5 Å². The Balaban J connectivity index is 1.79. The molecule has 0 saturated heterocycles. The van der Waals surface area contributed by atoms with E-state index in [0.29, 0.717) is 35.1 Å². The number of nitrogens with one attached hydrogen (secondary N) is 1. The van der Waals surface area contributed by atoms with Crippen molar-refractivity contribution >= 4 is 35.1 Å². The summed E-state index contributed by atoms with van der Waals surface area (Å²) in [5.74, 6) is -1.10. The van der Waals surface area contributed by atoms with Crippen molar-refractivity contribution in [2.75, 3.05) is 6.61 Å². The molecular weight excluding hydrogens is 317 g/mol. The Morgan fingerprint density at radius 2 is 2.10 bits per heavy atom. The van der Waals surface area contributed by atoms with Crippen LogP contribution in [0.3, 0.4) is 0 Å². The number of halogens is 2. The summed E-state index contributed by atoms with van der Waals surface area (Å²) >= 11 is 11.7. The van der Waals surface area contributed by atoms with Crippen molar-refractivity contribution in [3.63, 3.8) is 0 Å². The Morgan fingerprint density at radius 1 is 1.33 bits per heavy atom. The topological polar surface area (TPSA) is 75.6 Å². The van der Waals surface area contributed by atoms with Gasteiger partial charge in [0.05, 0.1) is 10.9 Å². The fourth-order valence-electron chi connectivity index (χ4n) is 2.34. The lowest BCUT2D eigenvalue weighted by atomic mass is 10.1.